The first kappa shape index (κ1) is 16.7. The van der Waals surface area contributed by atoms with Crippen LogP contribution in [0.5, 0.6) is 5.75 Å². The van der Waals surface area contributed by atoms with Crippen LogP contribution in [-0.4, -0.2) is 40.6 Å². The van der Waals surface area contributed by atoms with E-state index in [2.05, 4.69) is 5.32 Å². The monoisotopic (exact) mass is 323 g/mol. The third kappa shape index (κ3) is 4.66. The van der Waals surface area contributed by atoms with Gasteiger partial charge >= 0.3 is 5.97 Å². The second-order valence-electron chi connectivity index (χ2n) is 5.31. The Morgan fingerprint density at radius 3 is 2.55 bits per heavy atom. The summed E-state index contributed by atoms with van der Waals surface area (Å²) in [5.41, 5.74) is -1.08. The third-order valence-electron chi connectivity index (χ3n) is 3.69. The van der Waals surface area contributed by atoms with Crippen LogP contribution in [0.15, 0.2) is 30.3 Å². The molecule has 0 aromatic heterocycles. The van der Waals surface area contributed by atoms with Gasteiger partial charge in [-0.25, -0.2) is 4.79 Å². The van der Waals surface area contributed by atoms with Crippen molar-refractivity contribution in [2.45, 2.75) is 31.2 Å². The van der Waals surface area contributed by atoms with E-state index in [-0.39, 0.29) is 12.3 Å². The molecule has 0 bridgehead atoms. The first-order valence-electron chi connectivity index (χ1n) is 7.42. The maximum atomic E-state index is 12.0. The molecule has 1 amide bonds. The van der Waals surface area contributed by atoms with Gasteiger partial charge in [-0.1, -0.05) is 18.2 Å². The number of carboxylic acids is 1. The molecule has 22 heavy (non-hydrogen) atoms. The molecule has 120 valence electrons. The van der Waals surface area contributed by atoms with Crippen molar-refractivity contribution in [1.29, 1.82) is 0 Å². The molecule has 1 aliphatic heterocycles. The minimum Gasteiger partial charge on any atom is -0.494 e. The molecule has 6 heteroatoms. The fourth-order valence-corrected chi connectivity index (χ4v) is 3.57. The summed E-state index contributed by atoms with van der Waals surface area (Å²) in [6.45, 7) is 0.438. The SMILES string of the molecule is O=C(CCCOc1ccccc1)NC1(C(=O)O)CCSCC1. The maximum absolute atomic E-state index is 12.0. The van der Waals surface area contributed by atoms with Crippen LogP contribution >= 0.6 is 11.8 Å². The molecule has 1 aromatic rings. The highest BCUT2D eigenvalue weighted by molar-refractivity contribution is 7.99. The van der Waals surface area contributed by atoms with Gasteiger partial charge in [0.2, 0.25) is 5.91 Å². The molecule has 0 aliphatic carbocycles. The quantitative estimate of drug-likeness (QED) is 0.753. The van der Waals surface area contributed by atoms with Crippen LogP contribution < -0.4 is 10.1 Å². The van der Waals surface area contributed by atoms with Crippen molar-refractivity contribution in [1.82, 2.24) is 5.32 Å². The normalized spacial score (nSPS) is 16.7. The number of benzene rings is 1. The predicted octanol–water partition coefficient (Wildman–Crippen LogP) is 2.31. The van der Waals surface area contributed by atoms with E-state index in [1.54, 1.807) is 11.8 Å². The van der Waals surface area contributed by atoms with Crippen molar-refractivity contribution in [3.63, 3.8) is 0 Å². The number of ether oxygens (including phenoxy) is 1. The summed E-state index contributed by atoms with van der Waals surface area (Å²) in [5.74, 6) is 1.16. The Morgan fingerprint density at radius 2 is 1.91 bits per heavy atom. The number of nitrogens with one attached hydrogen (secondary N) is 1. The van der Waals surface area contributed by atoms with Crippen molar-refractivity contribution >= 4 is 23.6 Å². The van der Waals surface area contributed by atoms with E-state index >= 15 is 0 Å². The van der Waals surface area contributed by atoms with Crippen LogP contribution in [0.3, 0.4) is 0 Å². The van der Waals surface area contributed by atoms with Gasteiger partial charge in [-0.05, 0) is 42.9 Å². The number of carboxylic acid groups (broad SMARTS) is 1. The number of thioether (sulfide) groups is 1. The van der Waals surface area contributed by atoms with E-state index in [4.69, 9.17) is 4.74 Å². The standard InChI is InChI=1S/C16H21NO4S/c18-14(7-4-10-21-13-5-2-1-3-6-13)17-16(15(19)20)8-11-22-12-9-16/h1-3,5-6H,4,7-12H2,(H,17,18)(H,19,20). The average molecular weight is 323 g/mol. The third-order valence-corrected chi connectivity index (χ3v) is 4.68. The zero-order valence-electron chi connectivity index (χ0n) is 12.4. The summed E-state index contributed by atoms with van der Waals surface area (Å²) in [5, 5.41) is 12.1. The van der Waals surface area contributed by atoms with Crippen molar-refractivity contribution in [2.24, 2.45) is 0 Å². The molecule has 0 saturated carbocycles. The Kier molecular flexibility index (Phi) is 6.12. The lowest BCUT2D eigenvalue weighted by Gasteiger charge is -2.33. The fraction of sp³-hybridized carbons (Fsp3) is 0.500. The van der Waals surface area contributed by atoms with Gasteiger partial charge in [0.1, 0.15) is 11.3 Å². The van der Waals surface area contributed by atoms with Crippen molar-refractivity contribution in [3.8, 4) is 5.75 Å². The topological polar surface area (TPSA) is 75.6 Å². The molecule has 2 rings (SSSR count). The Balaban J connectivity index is 1.73. The highest BCUT2D eigenvalue weighted by atomic mass is 32.2. The molecule has 1 aliphatic rings. The number of hydrogen-bond acceptors (Lipinski definition) is 4. The molecule has 0 unspecified atom stereocenters. The van der Waals surface area contributed by atoms with Crippen LogP contribution in [0.4, 0.5) is 0 Å². The first-order chi connectivity index (χ1) is 10.6. The molecule has 1 saturated heterocycles. The fourth-order valence-electron chi connectivity index (χ4n) is 2.38. The van der Waals surface area contributed by atoms with Gasteiger partial charge in [0.25, 0.3) is 0 Å². The average Bonchev–Trinajstić information content (AvgIpc) is 2.53. The lowest BCUT2D eigenvalue weighted by molar-refractivity contribution is -0.148. The number of carbonyl (C=O) groups excluding carboxylic acids is 1. The van der Waals surface area contributed by atoms with Gasteiger partial charge in [-0.15, -0.1) is 0 Å². The van der Waals surface area contributed by atoms with Crippen LogP contribution in [-0.2, 0) is 9.59 Å². The second-order valence-corrected chi connectivity index (χ2v) is 6.54. The van der Waals surface area contributed by atoms with E-state index in [1.807, 2.05) is 30.3 Å². The summed E-state index contributed by atoms with van der Waals surface area (Å²) < 4.78 is 5.52. The van der Waals surface area contributed by atoms with E-state index < -0.39 is 11.5 Å². The van der Waals surface area contributed by atoms with Gasteiger partial charge in [0.05, 0.1) is 6.61 Å². The summed E-state index contributed by atoms with van der Waals surface area (Å²) >= 11 is 1.73. The van der Waals surface area contributed by atoms with Crippen molar-refractivity contribution < 1.29 is 19.4 Å². The molecular formula is C16H21NO4S. The van der Waals surface area contributed by atoms with E-state index in [0.29, 0.717) is 25.9 Å². The highest BCUT2D eigenvalue weighted by Gasteiger charge is 2.40. The maximum Gasteiger partial charge on any atom is 0.329 e. The second kappa shape index (κ2) is 8.08. The molecule has 0 spiro atoms. The van der Waals surface area contributed by atoms with Crippen molar-refractivity contribution in [3.05, 3.63) is 30.3 Å². The Morgan fingerprint density at radius 1 is 1.23 bits per heavy atom. The minimum atomic E-state index is -1.08. The first-order valence-corrected chi connectivity index (χ1v) is 8.58. The summed E-state index contributed by atoms with van der Waals surface area (Å²) in [7, 11) is 0. The van der Waals surface area contributed by atoms with Gasteiger partial charge in [0.15, 0.2) is 0 Å². The number of hydrogen-bond donors (Lipinski definition) is 2. The van der Waals surface area contributed by atoms with E-state index in [9.17, 15) is 14.7 Å². The minimum absolute atomic E-state index is 0.217. The molecule has 0 radical (unpaired) electrons. The molecule has 1 aromatic carbocycles. The molecule has 2 N–H and O–H groups in total. The number of rotatable bonds is 7. The zero-order valence-corrected chi connectivity index (χ0v) is 13.2. The number of carbonyl (C=O) groups is 2. The van der Waals surface area contributed by atoms with Gasteiger partial charge < -0.3 is 15.2 Å². The summed E-state index contributed by atoms with van der Waals surface area (Å²) in [6, 6.07) is 9.41. The lowest BCUT2D eigenvalue weighted by atomic mass is 9.92. The van der Waals surface area contributed by atoms with Crippen LogP contribution in [0.2, 0.25) is 0 Å². The molecule has 1 heterocycles. The van der Waals surface area contributed by atoms with E-state index in [0.717, 1.165) is 17.3 Å². The van der Waals surface area contributed by atoms with Crippen molar-refractivity contribution in [2.75, 3.05) is 18.1 Å². The predicted molar refractivity (Wildman–Crippen MR) is 86.2 cm³/mol. The largest absolute Gasteiger partial charge is 0.494 e. The Labute approximate surface area is 134 Å². The summed E-state index contributed by atoms with van der Waals surface area (Å²) in [4.78, 5) is 23.5. The Bertz CT molecular complexity index is 500. The number of para-hydroxylation sites is 1. The van der Waals surface area contributed by atoms with E-state index in [1.165, 1.54) is 0 Å². The zero-order chi connectivity index (χ0) is 15.8. The van der Waals surface area contributed by atoms with Crippen LogP contribution in [0, 0.1) is 0 Å². The Hall–Kier alpha value is -1.69. The van der Waals surface area contributed by atoms with Gasteiger partial charge in [-0.2, -0.15) is 11.8 Å². The molecule has 1 fully saturated rings. The number of amides is 1. The molecule has 5 nitrogen and oxygen atoms in total. The number of aliphatic carboxylic acids is 1. The smallest absolute Gasteiger partial charge is 0.329 e. The molecule has 0 atom stereocenters. The lowest BCUT2D eigenvalue weighted by Crippen LogP contribution is -2.56. The van der Waals surface area contributed by atoms with Gasteiger partial charge in [-0.3, -0.25) is 4.79 Å². The highest BCUT2D eigenvalue weighted by Crippen LogP contribution is 2.27. The molecular weight excluding hydrogens is 302 g/mol. The van der Waals surface area contributed by atoms with Gasteiger partial charge in [0, 0.05) is 6.42 Å². The summed E-state index contributed by atoms with van der Waals surface area (Å²) in [6.07, 6.45) is 1.80. The van der Waals surface area contributed by atoms with Crippen LogP contribution in [0.25, 0.3) is 0 Å². The van der Waals surface area contributed by atoms with Crippen LogP contribution in [0.1, 0.15) is 25.7 Å².